The molecule has 0 N–H and O–H groups in total. The second kappa shape index (κ2) is 5.51. The van der Waals surface area contributed by atoms with Crippen molar-refractivity contribution >= 4 is 42.0 Å². The summed E-state index contributed by atoms with van der Waals surface area (Å²) in [6.45, 7) is 0.114. The summed E-state index contributed by atoms with van der Waals surface area (Å²) in [5, 5.41) is 0. The molecule has 0 fully saturated rings. The highest BCUT2D eigenvalue weighted by molar-refractivity contribution is 9.11. The molecule has 8 heteroatoms. The van der Waals surface area contributed by atoms with Gasteiger partial charge in [0.25, 0.3) is 0 Å². The van der Waals surface area contributed by atoms with Gasteiger partial charge in [0.05, 0.1) is 0 Å². The number of halogens is 2. The number of hydrogen-bond acceptors (Lipinski definition) is 5. The van der Waals surface area contributed by atoms with Crippen LogP contribution in [0.2, 0.25) is 0 Å². The summed E-state index contributed by atoms with van der Waals surface area (Å²) >= 11 is 6.44. The van der Waals surface area contributed by atoms with Crippen LogP contribution in [0.25, 0.3) is 0 Å². The number of rotatable bonds is 3. The van der Waals surface area contributed by atoms with Crippen molar-refractivity contribution in [2.75, 3.05) is 6.79 Å². The van der Waals surface area contributed by atoms with Gasteiger partial charge in [-0.25, -0.2) is 0 Å². The smallest absolute Gasteiger partial charge is 0.340 e. The average molecular weight is 436 g/mol. The van der Waals surface area contributed by atoms with Crippen molar-refractivity contribution in [1.29, 1.82) is 0 Å². The summed E-state index contributed by atoms with van der Waals surface area (Å²) in [7, 11) is -3.96. The van der Waals surface area contributed by atoms with E-state index in [1.54, 1.807) is 18.2 Å². The van der Waals surface area contributed by atoms with Gasteiger partial charge in [0.2, 0.25) is 6.79 Å². The molecular weight excluding hydrogens is 428 g/mol. The first-order valence-corrected chi connectivity index (χ1v) is 8.74. The van der Waals surface area contributed by atoms with Crippen LogP contribution in [0.1, 0.15) is 0 Å². The van der Waals surface area contributed by atoms with Crippen molar-refractivity contribution in [1.82, 2.24) is 0 Å². The minimum Gasteiger partial charge on any atom is -0.454 e. The molecule has 2 aromatic rings. The van der Waals surface area contributed by atoms with Crippen LogP contribution < -0.4 is 13.7 Å². The second-order valence-electron chi connectivity index (χ2n) is 4.13. The van der Waals surface area contributed by atoms with Gasteiger partial charge in [0, 0.05) is 15.0 Å². The molecule has 0 saturated heterocycles. The fourth-order valence-corrected chi connectivity index (χ4v) is 4.15. The Morgan fingerprint density at radius 2 is 1.76 bits per heavy atom. The molecule has 0 spiro atoms. The zero-order chi connectivity index (χ0) is 15.0. The molecule has 21 heavy (non-hydrogen) atoms. The van der Waals surface area contributed by atoms with E-state index in [1.807, 2.05) is 0 Å². The topological polar surface area (TPSA) is 61.8 Å². The molecule has 110 valence electrons. The van der Waals surface area contributed by atoms with Gasteiger partial charge < -0.3 is 13.7 Å². The predicted molar refractivity (Wildman–Crippen MR) is 82.2 cm³/mol. The van der Waals surface area contributed by atoms with Crippen LogP contribution in [0, 0.1) is 0 Å². The van der Waals surface area contributed by atoms with E-state index < -0.39 is 10.1 Å². The van der Waals surface area contributed by atoms with E-state index in [4.69, 9.17) is 13.7 Å². The fourth-order valence-electron chi connectivity index (χ4n) is 1.77. The first kappa shape index (κ1) is 14.7. The SMILES string of the molecule is O=S(=O)(Oc1ccc2c(c1)OCO2)c1cc(Br)ccc1Br. The van der Waals surface area contributed by atoms with Crippen LogP contribution in [0.15, 0.2) is 50.2 Å². The van der Waals surface area contributed by atoms with Gasteiger partial charge in [-0.2, -0.15) is 8.42 Å². The van der Waals surface area contributed by atoms with E-state index in [9.17, 15) is 8.42 Å². The largest absolute Gasteiger partial charge is 0.454 e. The lowest BCUT2D eigenvalue weighted by molar-refractivity contribution is 0.174. The monoisotopic (exact) mass is 434 g/mol. The van der Waals surface area contributed by atoms with E-state index in [0.29, 0.717) is 20.4 Å². The highest BCUT2D eigenvalue weighted by Gasteiger charge is 2.22. The summed E-state index contributed by atoms with van der Waals surface area (Å²) in [6, 6.07) is 9.40. The average Bonchev–Trinajstić information content (AvgIpc) is 2.88. The minimum absolute atomic E-state index is 0.0366. The number of benzene rings is 2. The van der Waals surface area contributed by atoms with Gasteiger partial charge in [0.15, 0.2) is 11.5 Å². The molecule has 2 aromatic carbocycles. The Bertz CT molecular complexity index is 804. The second-order valence-corrected chi connectivity index (χ2v) is 7.41. The number of fused-ring (bicyclic) bond motifs is 1. The number of hydrogen-bond donors (Lipinski definition) is 0. The van der Waals surface area contributed by atoms with E-state index >= 15 is 0 Å². The summed E-state index contributed by atoms with van der Waals surface area (Å²) in [4.78, 5) is 0.0366. The molecule has 1 aliphatic heterocycles. The summed E-state index contributed by atoms with van der Waals surface area (Å²) in [5.74, 6) is 1.17. The molecule has 0 aliphatic carbocycles. The molecule has 0 aromatic heterocycles. The maximum absolute atomic E-state index is 12.3. The Kier molecular flexibility index (Phi) is 3.85. The Morgan fingerprint density at radius 3 is 2.57 bits per heavy atom. The van der Waals surface area contributed by atoms with Crippen molar-refractivity contribution < 1.29 is 22.1 Å². The molecule has 0 atom stereocenters. The zero-order valence-corrected chi connectivity index (χ0v) is 14.4. The summed E-state index contributed by atoms with van der Waals surface area (Å²) in [5.41, 5.74) is 0. The predicted octanol–water partition coefficient (Wildman–Crippen LogP) is 3.71. The lowest BCUT2D eigenvalue weighted by Crippen LogP contribution is -2.10. The minimum atomic E-state index is -3.96. The molecule has 0 radical (unpaired) electrons. The normalized spacial score (nSPS) is 13.2. The van der Waals surface area contributed by atoms with Crippen molar-refractivity contribution in [3.05, 3.63) is 45.3 Å². The lowest BCUT2D eigenvalue weighted by atomic mass is 10.3. The standard InChI is InChI=1S/C13H8Br2O5S/c14-8-1-3-10(15)13(5-8)21(16,17)20-9-2-4-11-12(6-9)19-7-18-11/h1-6H,7H2. The fraction of sp³-hybridized carbons (Fsp3) is 0.0769. The van der Waals surface area contributed by atoms with E-state index in [0.717, 1.165) is 0 Å². The Labute approximate surface area is 138 Å². The van der Waals surface area contributed by atoms with Crippen LogP contribution in [0.3, 0.4) is 0 Å². The first-order chi connectivity index (χ1) is 9.95. The van der Waals surface area contributed by atoms with Gasteiger partial charge in [-0.05, 0) is 46.3 Å². The third-order valence-corrected chi connectivity index (χ3v) is 5.45. The Balaban J connectivity index is 1.94. The number of ether oxygens (including phenoxy) is 2. The van der Waals surface area contributed by atoms with Gasteiger partial charge in [-0.1, -0.05) is 15.9 Å². The van der Waals surface area contributed by atoms with Crippen LogP contribution in [0.5, 0.6) is 17.2 Å². The maximum Gasteiger partial charge on any atom is 0.340 e. The molecule has 1 aliphatic rings. The van der Waals surface area contributed by atoms with Crippen molar-refractivity contribution in [2.24, 2.45) is 0 Å². The molecule has 1 heterocycles. The van der Waals surface area contributed by atoms with E-state index in [1.165, 1.54) is 18.2 Å². The Morgan fingerprint density at radius 1 is 1.00 bits per heavy atom. The lowest BCUT2D eigenvalue weighted by Gasteiger charge is -2.09. The molecule has 0 unspecified atom stereocenters. The molecule has 0 amide bonds. The highest BCUT2D eigenvalue weighted by Crippen LogP contribution is 2.36. The van der Waals surface area contributed by atoms with Crippen molar-refractivity contribution in [2.45, 2.75) is 4.90 Å². The van der Waals surface area contributed by atoms with Gasteiger partial charge in [-0.15, -0.1) is 0 Å². The van der Waals surface area contributed by atoms with Gasteiger partial charge >= 0.3 is 10.1 Å². The van der Waals surface area contributed by atoms with E-state index in [2.05, 4.69) is 31.9 Å². The van der Waals surface area contributed by atoms with Crippen LogP contribution >= 0.6 is 31.9 Å². The summed E-state index contributed by atoms with van der Waals surface area (Å²) in [6.07, 6.45) is 0. The van der Waals surface area contributed by atoms with Crippen molar-refractivity contribution in [3.63, 3.8) is 0 Å². The highest BCUT2D eigenvalue weighted by atomic mass is 79.9. The third kappa shape index (κ3) is 3.02. The zero-order valence-electron chi connectivity index (χ0n) is 10.4. The Hall–Kier alpha value is -1.25. The maximum atomic E-state index is 12.3. The molecular formula is C13H8Br2O5S. The first-order valence-electron chi connectivity index (χ1n) is 5.75. The van der Waals surface area contributed by atoms with Crippen LogP contribution in [0.4, 0.5) is 0 Å². The van der Waals surface area contributed by atoms with E-state index in [-0.39, 0.29) is 17.4 Å². The van der Waals surface area contributed by atoms with Crippen LogP contribution in [-0.2, 0) is 10.1 Å². The molecule has 3 rings (SSSR count). The third-order valence-electron chi connectivity index (χ3n) is 2.71. The van der Waals surface area contributed by atoms with Crippen LogP contribution in [-0.4, -0.2) is 15.2 Å². The van der Waals surface area contributed by atoms with Gasteiger partial charge in [0.1, 0.15) is 10.6 Å². The van der Waals surface area contributed by atoms with Gasteiger partial charge in [-0.3, -0.25) is 0 Å². The molecule has 5 nitrogen and oxygen atoms in total. The summed E-state index contributed by atoms with van der Waals surface area (Å²) < 4.78 is 41.2. The van der Waals surface area contributed by atoms with Crippen molar-refractivity contribution in [3.8, 4) is 17.2 Å². The molecule has 0 bridgehead atoms. The molecule has 0 saturated carbocycles. The quantitative estimate of drug-likeness (QED) is 0.687.